The lowest BCUT2D eigenvalue weighted by molar-refractivity contribution is 0.178. The highest BCUT2D eigenvalue weighted by Gasteiger charge is 2.06. The van der Waals surface area contributed by atoms with Crippen LogP contribution in [0.1, 0.15) is 13.3 Å². The molecule has 0 bridgehead atoms. The minimum atomic E-state index is -0.295. The van der Waals surface area contributed by atoms with Crippen LogP contribution < -0.4 is 5.73 Å². The zero-order valence-corrected chi connectivity index (χ0v) is 9.87. The highest BCUT2D eigenvalue weighted by atomic mass is 16.3. The van der Waals surface area contributed by atoms with Gasteiger partial charge in [-0.3, -0.25) is 0 Å². The van der Waals surface area contributed by atoms with Gasteiger partial charge in [0.05, 0.1) is 6.10 Å². The van der Waals surface area contributed by atoms with E-state index in [1.807, 2.05) is 35.0 Å². The van der Waals surface area contributed by atoms with Crippen LogP contribution in [-0.2, 0) is 6.54 Å². The zero-order valence-electron chi connectivity index (χ0n) is 9.87. The molecule has 2 rings (SSSR count). The average molecular weight is 231 g/mol. The van der Waals surface area contributed by atoms with Crippen molar-refractivity contribution in [2.45, 2.75) is 26.0 Å². The highest BCUT2D eigenvalue weighted by Crippen LogP contribution is 2.19. The topological polar surface area (TPSA) is 64.1 Å². The average Bonchev–Trinajstić information content (AvgIpc) is 2.75. The zero-order chi connectivity index (χ0) is 12.3. The van der Waals surface area contributed by atoms with E-state index >= 15 is 0 Å². The summed E-state index contributed by atoms with van der Waals surface area (Å²) < 4.78 is 2.04. The van der Waals surface area contributed by atoms with Gasteiger partial charge >= 0.3 is 0 Å². The number of rotatable bonds is 4. The van der Waals surface area contributed by atoms with Gasteiger partial charge in [-0.15, -0.1) is 0 Å². The number of hydrogen-bond acceptors (Lipinski definition) is 3. The second-order valence-corrected chi connectivity index (χ2v) is 4.20. The first-order valence-electron chi connectivity index (χ1n) is 5.72. The molecule has 1 atom stereocenters. The van der Waals surface area contributed by atoms with Crippen molar-refractivity contribution in [3.05, 3.63) is 36.7 Å². The molecule has 0 aliphatic heterocycles. The van der Waals surface area contributed by atoms with Gasteiger partial charge in [-0.2, -0.15) is 0 Å². The van der Waals surface area contributed by atoms with E-state index in [1.165, 1.54) is 0 Å². The van der Waals surface area contributed by atoms with Crippen LogP contribution in [0.4, 0.5) is 5.69 Å². The summed E-state index contributed by atoms with van der Waals surface area (Å²) in [6.45, 7) is 2.55. The summed E-state index contributed by atoms with van der Waals surface area (Å²) >= 11 is 0. The monoisotopic (exact) mass is 231 g/mol. The van der Waals surface area contributed by atoms with Crippen molar-refractivity contribution in [2.24, 2.45) is 0 Å². The molecule has 0 fully saturated rings. The Labute approximate surface area is 101 Å². The molecule has 1 aromatic carbocycles. The molecule has 0 spiro atoms. The number of benzene rings is 1. The Morgan fingerprint density at radius 1 is 1.35 bits per heavy atom. The lowest BCUT2D eigenvalue weighted by atomic mass is 10.2. The Bertz CT molecular complexity index is 474. The number of aromatic nitrogens is 2. The number of aryl methyl sites for hydroxylation is 1. The fourth-order valence-electron chi connectivity index (χ4n) is 1.71. The van der Waals surface area contributed by atoms with Crippen LogP contribution in [0.3, 0.4) is 0 Å². The molecule has 1 unspecified atom stereocenters. The van der Waals surface area contributed by atoms with Crippen LogP contribution in [0.2, 0.25) is 0 Å². The molecule has 1 heterocycles. The molecule has 17 heavy (non-hydrogen) atoms. The number of nitrogen functional groups attached to an aromatic ring is 1. The van der Waals surface area contributed by atoms with Crippen molar-refractivity contribution in [3.63, 3.8) is 0 Å². The molecule has 0 aliphatic rings. The van der Waals surface area contributed by atoms with Crippen molar-refractivity contribution in [3.8, 4) is 11.4 Å². The second kappa shape index (κ2) is 5.01. The van der Waals surface area contributed by atoms with Crippen LogP contribution >= 0.6 is 0 Å². The Hall–Kier alpha value is -1.81. The minimum absolute atomic E-state index is 0.295. The largest absolute Gasteiger partial charge is 0.399 e. The molecule has 1 aromatic heterocycles. The molecule has 0 saturated carbocycles. The summed E-state index contributed by atoms with van der Waals surface area (Å²) in [4.78, 5) is 4.33. The van der Waals surface area contributed by atoms with Crippen LogP contribution in [0, 0.1) is 0 Å². The number of aliphatic hydroxyl groups is 1. The van der Waals surface area contributed by atoms with E-state index < -0.39 is 0 Å². The third-order valence-corrected chi connectivity index (χ3v) is 2.67. The fraction of sp³-hybridized carbons (Fsp3) is 0.308. The number of aliphatic hydroxyl groups excluding tert-OH is 1. The van der Waals surface area contributed by atoms with Crippen molar-refractivity contribution in [1.29, 1.82) is 0 Å². The number of nitrogens with zero attached hydrogens (tertiary/aromatic N) is 2. The molecule has 0 radical (unpaired) electrons. The van der Waals surface area contributed by atoms with Gasteiger partial charge in [0.25, 0.3) is 0 Å². The maximum atomic E-state index is 9.30. The Morgan fingerprint density at radius 2 is 2.06 bits per heavy atom. The van der Waals surface area contributed by atoms with Crippen LogP contribution in [0.5, 0.6) is 0 Å². The van der Waals surface area contributed by atoms with Gasteiger partial charge in [-0.25, -0.2) is 4.98 Å². The van der Waals surface area contributed by atoms with E-state index in [0.29, 0.717) is 0 Å². The van der Waals surface area contributed by atoms with E-state index in [2.05, 4.69) is 4.98 Å². The molecule has 4 heteroatoms. The SMILES string of the molecule is CC(O)CCn1ccnc1-c1ccc(N)cc1. The Kier molecular flexibility index (Phi) is 3.44. The van der Waals surface area contributed by atoms with E-state index in [9.17, 15) is 5.11 Å². The number of hydrogen-bond donors (Lipinski definition) is 2. The molecule has 0 saturated heterocycles. The fourth-order valence-corrected chi connectivity index (χ4v) is 1.71. The number of imidazole rings is 1. The normalized spacial score (nSPS) is 12.6. The van der Waals surface area contributed by atoms with Gasteiger partial charge in [0.15, 0.2) is 0 Å². The predicted octanol–water partition coefficient (Wildman–Crippen LogP) is 1.90. The Morgan fingerprint density at radius 3 is 2.71 bits per heavy atom. The van der Waals surface area contributed by atoms with Crippen molar-refractivity contribution in [2.75, 3.05) is 5.73 Å². The first-order chi connectivity index (χ1) is 8.16. The van der Waals surface area contributed by atoms with Gasteiger partial charge < -0.3 is 15.4 Å². The van der Waals surface area contributed by atoms with Gasteiger partial charge in [0.2, 0.25) is 0 Å². The van der Waals surface area contributed by atoms with Crippen LogP contribution in [0.15, 0.2) is 36.7 Å². The van der Waals surface area contributed by atoms with Gasteiger partial charge in [-0.05, 0) is 37.6 Å². The molecular weight excluding hydrogens is 214 g/mol. The van der Waals surface area contributed by atoms with Crippen LogP contribution in [0.25, 0.3) is 11.4 Å². The molecule has 90 valence electrons. The quantitative estimate of drug-likeness (QED) is 0.790. The third-order valence-electron chi connectivity index (χ3n) is 2.67. The first-order valence-corrected chi connectivity index (χ1v) is 5.72. The van der Waals surface area contributed by atoms with Crippen molar-refractivity contribution >= 4 is 5.69 Å². The summed E-state index contributed by atoms with van der Waals surface area (Å²) in [6, 6.07) is 7.64. The lowest BCUT2D eigenvalue weighted by Gasteiger charge is -2.09. The van der Waals surface area contributed by atoms with E-state index in [4.69, 9.17) is 5.73 Å². The molecule has 2 aromatic rings. The predicted molar refractivity (Wildman–Crippen MR) is 68.4 cm³/mol. The number of anilines is 1. The van der Waals surface area contributed by atoms with E-state index in [-0.39, 0.29) is 6.10 Å². The summed E-state index contributed by atoms with van der Waals surface area (Å²) in [5, 5.41) is 9.30. The maximum Gasteiger partial charge on any atom is 0.139 e. The number of nitrogens with two attached hydrogens (primary N) is 1. The first kappa shape index (κ1) is 11.7. The maximum absolute atomic E-state index is 9.30. The molecule has 3 N–H and O–H groups in total. The summed E-state index contributed by atoms with van der Waals surface area (Å²) in [6.07, 6.45) is 4.12. The molecule has 4 nitrogen and oxygen atoms in total. The lowest BCUT2D eigenvalue weighted by Crippen LogP contribution is -2.07. The van der Waals surface area contributed by atoms with Crippen molar-refractivity contribution < 1.29 is 5.11 Å². The van der Waals surface area contributed by atoms with Crippen LogP contribution in [-0.4, -0.2) is 20.8 Å². The smallest absolute Gasteiger partial charge is 0.139 e. The summed E-state index contributed by atoms with van der Waals surface area (Å²) in [7, 11) is 0. The second-order valence-electron chi connectivity index (χ2n) is 4.20. The van der Waals surface area contributed by atoms with E-state index in [0.717, 1.165) is 30.0 Å². The molecule has 0 aliphatic carbocycles. The van der Waals surface area contributed by atoms with Gasteiger partial charge in [-0.1, -0.05) is 0 Å². The van der Waals surface area contributed by atoms with Gasteiger partial charge in [0, 0.05) is 30.2 Å². The third kappa shape index (κ3) is 2.85. The highest BCUT2D eigenvalue weighted by molar-refractivity contribution is 5.59. The Balaban J connectivity index is 2.21. The van der Waals surface area contributed by atoms with Crippen molar-refractivity contribution in [1.82, 2.24) is 9.55 Å². The minimum Gasteiger partial charge on any atom is -0.399 e. The molecular formula is C13H17N3O. The van der Waals surface area contributed by atoms with Gasteiger partial charge in [0.1, 0.15) is 5.82 Å². The summed E-state index contributed by atoms with van der Waals surface area (Å²) in [5.74, 6) is 0.908. The summed E-state index contributed by atoms with van der Waals surface area (Å²) in [5.41, 5.74) is 7.44. The molecule has 0 amide bonds. The standard InChI is InChI=1S/C13H17N3O/c1-10(17)6-8-16-9-7-15-13(16)11-2-4-12(14)5-3-11/h2-5,7,9-10,17H,6,8,14H2,1H3. The van der Waals surface area contributed by atoms with E-state index in [1.54, 1.807) is 13.1 Å².